The number of anilines is 1. The second-order valence-electron chi connectivity index (χ2n) is 7.70. The molecule has 1 atom stereocenters. The van der Waals surface area contributed by atoms with Gasteiger partial charge in [-0.1, -0.05) is 12.1 Å². The van der Waals surface area contributed by atoms with Crippen LogP contribution in [0.5, 0.6) is 11.5 Å². The number of hydrogen-bond acceptors (Lipinski definition) is 6. The molecule has 9 heteroatoms. The highest BCUT2D eigenvalue weighted by Gasteiger charge is 2.15. The highest BCUT2D eigenvalue weighted by Crippen LogP contribution is 2.26. The Bertz CT molecular complexity index is 858. The lowest BCUT2D eigenvalue weighted by molar-refractivity contribution is 0.213. The molecule has 0 radical (unpaired) electrons. The van der Waals surface area contributed by atoms with Crippen LogP contribution in [0.2, 0.25) is 0 Å². The minimum absolute atomic E-state index is 0. The maximum Gasteiger partial charge on any atom is 0.191 e. The van der Waals surface area contributed by atoms with Gasteiger partial charge in [-0.2, -0.15) is 0 Å². The van der Waals surface area contributed by atoms with Crippen molar-refractivity contribution in [3.05, 3.63) is 48.2 Å². The van der Waals surface area contributed by atoms with E-state index in [0.29, 0.717) is 13.1 Å². The minimum atomic E-state index is -0.0559. The van der Waals surface area contributed by atoms with Crippen LogP contribution in [0.25, 0.3) is 0 Å². The number of halogens is 1. The van der Waals surface area contributed by atoms with Gasteiger partial charge in [0.2, 0.25) is 0 Å². The van der Waals surface area contributed by atoms with Crippen molar-refractivity contribution in [3.8, 4) is 11.5 Å². The van der Waals surface area contributed by atoms with Crippen LogP contribution in [0.15, 0.2) is 47.6 Å². The van der Waals surface area contributed by atoms with Crippen LogP contribution < -0.4 is 25.0 Å². The minimum Gasteiger partial charge on any atom is -0.493 e. The fourth-order valence-corrected chi connectivity index (χ4v) is 3.40. The number of pyridine rings is 1. The Balaban J connectivity index is 0.00000363. The summed E-state index contributed by atoms with van der Waals surface area (Å²) in [6.45, 7) is 7.44. The average Bonchev–Trinajstić information content (AvgIpc) is 2.80. The van der Waals surface area contributed by atoms with Crippen molar-refractivity contribution in [2.75, 3.05) is 58.8 Å². The Morgan fingerprint density at radius 1 is 1.12 bits per heavy atom. The van der Waals surface area contributed by atoms with E-state index in [1.54, 1.807) is 14.2 Å². The van der Waals surface area contributed by atoms with E-state index >= 15 is 0 Å². The molecule has 0 saturated carbocycles. The highest BCUT2D eigenvalue weighted by molar-refractivity contribution is 14.0. The third kappa shape index (κ3) is 7.70. The maximum absolute atomic E-state index is 6.00. The van der Waals surface area contributed by atoms with Gasteiger partial charge in [-0.15, -0.1) is 24.0 Å². The Hall–Kier alpha value is -2.27. The first-order chi connectivity index (χ1) is 15.1. The summed E-state index contributed by atoms with van der Waals surface area (Å²) in [7, 11) is 5.57. The number of ether oxygens (including phenoxy) is 2. The second-order valence-corrected chi connectivity index (χ2v) is 7.70. The van der Waals surface area contributed by atoms with Crippen LogP contribution in [0.3, 0.4) is 0 Å². The van der Waals surface area contributed by atoms with Gasteiger partial charge in [-0.25, -0.2) is 4.98 Å². The summed E-state index contributed by atoms with van der Waals surface area (Å²) < 4.78 is 11.3. The predicted octanol–water partition coefficient (Wildman–Crippen LogP) is 2.59. The topological polar surface area (TPSA) is 74.3 Å². The number of aromatic nitrogens is 1. The van der Waals surface area contributed by atoms with Crippen molar-refractivity contribution < 1.29 is 9.47 Å². The summed E-state index contributed by atoms with van der Waals surface area (Å²) in [4.78, 5) is 13.6. The molecule has 2 aromatic rings. The number of rotatable bonds is 8. The molecule has 1 aromatic carbocycles. The lowest BCUT2D eigenvalue weighted by Crippen LogP contribution is -2.44. The van der Waals surface area contributed by atoms with Gasteiger partial charge in [-0.05, 0) is 43.8 Å². The summed E-state index contributed by atoms with van der Waals surface area (Å²) in [5, 5.41) is 6.69. The van der Waals surface area contributed by atoms with Crippen LogP contribution in [-0.4, -0.2) is 75.9 Å². The van der Waals surface area contributed by atoms with Crippen LogP contribution >= 0.6 is 24.0 Å². The number of para-hydroxylation sites is 2. The SMILES string of the molecule is CN=C(NCc1ccnc(N2CCN(C)CC2)c1)NCC(C)Oc1ccccc1OC.I. The van der Waals surface area contributed by atoms with Crippen molar-refractivity contribution in [1.82, 2.24) is 20.5 Å². The Labute approximate surface area is 208 Å². The number of nitrogens with zero attached hydrogens (tertiary/aromatic N) is 4. The molecule has 2 N–H and O–H groups in total. The third-order valence-corrected chi connectivity index (χ3v) is 5.27. The lowest BCUT2D eigenvalue weighted by atomic mass is 10.2. The fraction of sp³-hybridized carbons (Fsp3) is 0.478. The summed E-state index contributed by atoms with van der Waals surface area (Å²) in [6.07, 6.45) is 1.82. The van der Waals surface area contributed by atoms with E-state index in [4.69, 9.17) is 9.47 Å². The summed E-state index contributed by atoms with van der Waals surface area (Å²) >= 11 is 0. The van der Waals surface area contributed by atoms with Crippen LogP contribution in [-0.2, 0) is 6.54 Å². The quantitative estimate of drug-likeness (QED) is 0.295. The first-order valence-corrected chi connectivity index (χ1v) is 10.7. The normalized spacial score (nSPS) is 15.5. The number of methoxy groups -OCH3 is 1. The summed E-state index contributed by atoms with van der Waals surface area (Å²) in [5.74, 6) is 3.23. The van der Waals surface area contributed by atoms with Gasteiger partial charge in [0, 0.05) is 46.0 Å². The molecule has 8 nitrogen and oxygen atoms in total. The molecule has 0 amide bonds. The zero-order valence-electron chi connectivity index (χ0n) is 19.4. The molecule has 1 aliphatic rings. The number of likely N-dealkylation sites (N-methyl/N-ethyl adjacent to an activating group) is 1. The van der Waals surface area contributed by atoms with Crippen molar-refractivity contribution in [2.45, 2.75) is 19.6 Å². The summed E-state index contributed by atoms with van der Waals surface area (Å²) in [6, 6.07) is 11.8. The smallest absolute Gasteiger partial charge is 0.191 e. The van der Waals surface area contributed by atoms with E-state index < -0.39 is 0 Å². The van der Waals surface area contributed by atoms with Gasteiger partial charge in [0.25, 0.3) is 0 Å². The first kappa shape index (κ1) is 26.0. The molecule has 3 rings (SSSR count). The van der Waals surface area contributed by atoms with Crippen molar-refractivity contribution in [3.63, 3.8) is 0 Å². The zero-order chi connectivity index (χ0) is 22.1. The molecular weight excluding hydrogens is 519 g/mol. The van der Waals surface area contributed by atoms with E-state index in [1.807, 2.05) is 43.5 Å². The van der Waals surface area contributed by atoms with E-state index in [0.717, 1.165) is 49.5 Å². The molecule has 1 saturated heterocycles. The number of benzene rings is 1. The van der Waals surface area contributed by atoms with Gasteiger partial charge in [0.1, 0.15) is 11.9 Å². The molecule has 1 aromatic heterocycles. The zero-order valence-corrected chi connectivity index (χ0v) is 21.7. The molecule has 2 heterocycles. The van der Waals surface area contributed by atoms with Gasteiger partial charge in [0.05, 0.1) is 13.7 Å². The lowest BCUT2D eigenvalue weighted by Gasteiger charge is -2.33. The molecule has 32 heavy (non-hydrogen) atoms. The molecule has 1 aliphatic heterocycles. The second kappa shape index (κ2) is 13.3. The molecular formula is C23H35IN6O2. The van der Waals surface area contributed by atoms with E-state index in [-0.39, 0.29) is 30.1 Å². The number of piperazine rings is 1. The molecule has 1 fully saturated rings. The highest BCUT2D eigenvalue weighted by atomic mass is 127. The fourth-order valence-electron chi connectivity index (χ4n) is 3.40. The Morgan fingerprint density at radius 2 is 1.84 bits per heavy atom. The van der Waals surface area contributed by atoms with Gasteiger partial charge >= 0.3 is 0 Å². The van der Waals surface area contributed by atoms with Crippen molar-refractivity contribution >= 4 is 35.8 Å². The van der Waals surface area contributed by atoms with E-state index in [9.17, 15) is 0 Å². The van der Waals surface area contributed by atoms with Gasteiger partial charge in [0.15, 0.2) is 17.5 Å². The maximum atomic E-state index is 6.00. The molecule has 0 aliphatic carbocycles. The summed E-state index contributed by atoms with van der Waals surface area (Å²) in [5.41, 5.74) is 1.17. The van der Waals surface area contributed by atoms with E-state index in [2.05, 4.69) is 43.5 Å². The predicted molar refractivity (Wildman–Crippen MR) is 141 cm³/mol. The molecule has 1 unspecified atom stereocenters. The average molecular weight is 554 g/mol. The Kier molecular flexibility index (Phi) is 10.8. The number of nitrogens with one attached hydrogen (secondary N) is 2. The van der Waals surface area contributed by atoms with Crippen LogP contribution in [0, 0.1) is 0 Å². The van der Waals surface area contributed by atoms with Gasteiger partial charge in [-0.3, -0.25) is 4.99 Å². The van der Waals surface area contributed by atoms with Gasteiger partial charge < -0.3 is 29.9 Å². The van der Waals surface area contributed by atoms with E-state index in [1.165, 1.54) is 5.56 Å². The molecule has 176 valence electrons. The number of hydrogen-bond donors (Lipinski definition) is 2. The van der Waals surface area contributed by atoms with Crippen molar-refractivity contribution in [2.24, 2.45) is 4.99 Å². The van der Waals surface area contributed by atoms with Crippen LogP contribution in [0.1, 0.15) is 12.5 Å². The standard InChI is InChI=1S/C23H34N6O2.HI/c1-18(31-21-8-6-5-7-20(21)30-4)16-26-23(24-2)27-17-19-9-10-25-22(15-19)29-13-11-28(3)12-14-29;/h5-10,15,18H,11-14,16-17H2,1-4H3,(H2,24,26,27);1H. The molecule has 0 spiro atoms. The first-order valence-electron chi connectivity index (χ1n) is 10.7. The Morgan fingerprint density at radius 3 is 2.53 bits per heavy atom. The van der Waals surface area contributed by atoms with Crippen molar-refractivity contribution in [1.29, 1.82) is 0 Å². The number of aliphatic imine (C=N–C) groups is 1. The molecule has 0 bridgehead atoms. The van der Waals surface area contributed by atoms with Crippen LogP contribution in [0.4, 0.5) is 5.82 Å². The number of guanidine groups is 1. The third-order valence-electron chi connectivity index (χ3n) is 5.27. The largest absolute Gasteiger partial charge is 0.493 e. The monoisotopic (exact) mass is 554 g/mol.